The molecule has 0 aliphatic carbocycles. The number of nitrogens with zero attached hydrogens (tertiary/aromatic N) is 3. The number of carboxylic acids is 1. The molecule has 0 aliphatic rings. The average Bonchev–Trinajstić information content (AvgIpc) is 3.19. The molecule has 0 saturated carbocycles. The smallest absolute Gasteiger partial charge is 0.308 e. The third kappa shape index (κ3) is 5.26. The van der Waals surface area contributed by atoms with Gasteiger partial charge < -0.3 is 15.2 Å². The van der Waals surface area contributed by atoms with Crippen molar-refractivity contribution in [3.8, 4) is 23.1 Å². The summed E-state index contributed by atoms with van der Waals surface area (Å²) in [6.45, 7) is 4.22. The molecule has 7 nitrogen and oxygen atoms in total. The lowest BCUT2D eigenvalue weighted by atomic mass is 10.0. The Kier molecular flexibility index (Phi) is 7.41. The summed E-state index contributed by atoms with van der Waals surface area (Å²) in [5.41, 5.74) is 2.38. The molecule has 2 N–H and O–H groups in total. The highest BCUT2D eigenvalue weighted by Gasteiger charge is 2.18. The van der Waals surface area contributed by atoms with E-state index in [9.17, 15) is 18.8 Å². The number of ether oxygens (including phenoxy) is 1. The molecule has 0 atom stereocenters. The molecule has 4 aromatic rings. The van der Waals surface area contributed by atoms with Crippen LogP contribution in [0.1, 0.15) is 28.5 Å². The van der Waals surface area contributed by atoms with Gasteiger partial charge in [-0.25, -0.2) is 18.7 Å². The van der Waals surface area contributed by atoms with Crippen molar-refractivity contribution in [3.63, 3.8) is 0 Å². The van der Waals surface area contributed by atoms with Gasteiger partial charge in [0.25, 0.3) is 0 Å². The maximum atomic E-state index is 14.7. The molecular weight excluding hydrogens is 486 g/mol. The normalized spacial score (nSPS) is 10.9. The first kappa shape index (κ1) is 25.0. The van der Waals surface area contributed by atoms with Crippen molar-refractivity contribution >= 4 is 33.2 Å². The molecule has 36 heavy (non-hydrogen) atoms. The summed E-state index contributed by atoms with van der Waals surface area (Å²) < 4.78 is 35.1. The summed E-state index contributed by atoms with van der Waals surface area (Å²) in [7, 11) is 0. The number of nitrogens with one attached hydrogen (secondary N) is 1. The van der Waals surface area contributed by atoms with E-state index in [1.54, 1.807) is 19.1 Å². The summed E-state index contributed by atoms with van der Waals surface area (Å²) in [4.78, 5) is 20.1. The average molecular weight is 509 g/mol. The van der Waals surface area contributed by atoms with Gasteiger partial charge in [-0.05, 0) is 55.7 Å². The summed E-state index contributed by atoms with van der Waals surface area (Å²) >= 11 is 1.35. The third-order valence-corrected chi connectivity index (χ3v) is 6.86. The molecule has 2 heterocycles. The molecule has 0 saturated heterocycles. The van der Waals surface area contributed by atoms with Crippen molar-refractivity contribution in [1.29, 1.82) is 5.26 Å². The highest BCUT2D eigenvalue weighted by Crippen LogP contribution is 2.34. The number of nitriles is 1. The van der Waals surface area contributed by atoms with Gasteiger partial charge in [-0.2, -0.15) is 5.26 Å². The molecular formula is C26H22F2N4O3S. The monoisotopic (exact) mass is 508 g/mol. The van der Waals surface area contributed by atoms with Crippen LogP contribution in [0, 0.1) is 29.9 Å². The lowest BCUT2D eigenvalue weighted by Gasteiger charge is -2.13. The first-order valence-electron chi connectivity index (χ1n) is 11.2. The van der Waals surface area contributed by atoms with Crippen molar-refractivity contribution in [2.24, 2.45) is 0 Å². The number of hydrogen-bond donors (Lipinski definition) is 2. The van der Waals surface area contributed by atoms with Crippen LogP contribution in [0.2, 0.25) is 0 Å². The van der Waals surface area contributed by atoms with Crippen LogP contribution in [0.3, 0.4) is 0 Å². The number of aryl methyl sites for hydroxylation is 1. The summed E-state index contributed by atoms with van der Waals surface area (Å²) in [5.74, 6) is -1.56. The Morgan fingerprint density at radius 2 is 2.00 bits per heavy atom. The van der Waals surface area contributed by atoms with Gasteiger partial charge in [-0.3, -0.25) is 4.79 Å². The molecule has 0 bridgehead atoms. The molecule has 184 valence electrons. The van der Waals surface area contributed by atoms with Gasteiger partial charge in [0.15, 0.2) is 0 Å². The number of benzene rings is 2. The molecule has 0 spiro atoms. The molecule has 0 radical (unpaired) electrons. The number of aromatic nitrogens is 2. The number of fused-ring (bicyclic) bond motifs is 1. The van der Waals surface area contributed by atoms with Crippen LogP contribution in [-0.4, -0.2) is 34.2 Å². The fraction of sp³-hybridized carbons (Fsp3) is 0.231. The second-order valence-electron chi connectivity index (χ2n) is 8.02. The number of thiophene rings is 1. The van der Waals surface area contributed by atoms with E-state index in [1.807, 2.05) is 6.92 Å². The zero-order valence-electron chi connectivity index (χ0n) is 19.6. The van der Waals surface area contributed by atoms with E-state index in [0.717, 1.165) is 21.2 Å². The van der Waals surface area contributed by atoms with Gasteiger partial charge in [-0.15, -0.1) is 11.3 Å². The van der Waals surface area contributed by atoms with Gasteiger partial charge >= 0.3 is 5.97 Å². The van der Waals surface area contributed by atoms with Crippen LogP contribution in [0.15, 0.2) is 36.7 Å². The second kappa shape index (κ2) is 10.7. The van der Waals surface area contributed by atoms with Gasteiger partial charge in [-0.1, -0.05) is 0 Å². The highest BCUT2D eigenvalue weighted by atomic mass is 32.1. The largest absolute Gasteiger partial charge is 0.493 e. The van der Waals surface area contributed by atoms with Crippen LogP contribution < -0.4 is 10.1 Å². The fourth-order valence-electron chi connectivity index (χ4n) is 4.01. The van der Waals surface area contributed by atoms with Crippen molar-refractivity contribution in [2.75, 3.05) is 18.5 Å². The highest BCUT2D eigenvalue weighted by molar-refractivity contribution is 7.20. The molecule has 10 heteroatoms. The van der Waals surface area contributed by atoms with E-state index in [1.165, 1.54) is 35.9 Å². The minimum atomic E-state index is -1.16. The van der Waals surface area contributed by atoms with Crippen LogP contribution in [0.25, 0.3) is 21.3 Å². The number of anilines is 1. The van der Waals surface area contributed by atoms with Crippen molar-refractivity contribution in [2.45, 2.75) is 26.7 Å². The first-order chi connectivity index (χ1) is 17.3. The maximum absolute atomic E-state index is 14.7. The van der Waals surface area contributed by atoms with Crippen molar-refractivity contribution in [1.82, 2.24) is 9.97 Å². The number of rotatable bonds is 9. The Morgan fingerprint density at radius 3 is 2.72 bits per heavy atom. The lowest BCUT2D eigenvalue weighted by molar-refractivity contribution is -0.136. The minimum absolute atomic E-state index is 0.0246. The topological polar surface area (TPSA) is 108 Å². The van der Waals surface area contributed by atoms with Crippen molar-refractivity contribution < 1.29 is 23.4 Å². The van der Waals surface area contributed by atoms with Gasteiger partial charge in [0.2, 0.25) is 0 Å². The van der Waals surface area contributed by atoms with E-state index >= 15 is 0 Å². The van der Waals surface area contributed by atoms with E-state index in [2.05, 4.69) is 21.4 Å². The second-order valence-corrected chi connectivity index (χ2v) is 9.05. The standard InChI is InChI=1S/C26H22F2N4O3S/c1-3-35-22-8-15(7-20(28)19(22)10-25(33)34)21-11-24(32-13-31-21)30-5-4-17-18-9-16(27)6-14(2)26(18)36-23(17)12-29/h6-9,11,13H,3-5,10H2,1-2H3,(H,33,34)(H,30,31,32). The number of halogens is 2. The van der Waals surface area contributed by atoms with Crippen LogP contribution >= 0.6 is 11.3 Å². The predicted molar refractivity (Wildman–Crippen MR) is 133 cm³/mol. The molecule has 0 amide bonds. The van der Waals surface area contributed by atoms with Crippen LogP contribution in [-0.2, 0) is 17.6 Å². The number of aliphatic carboxylic acids is 1. The van der Waals surface area contributed by atoms with Crippen molar-refractivity contribution in [3.05, 3.63) is 69.9 Å². The zero-order valence-corrected chi connectivity index (χ0v) is 20.4. The lowest BCUT2D eigenvalue weighted by Crippen LogP contribution is -2.08. The van der Waals surface area contributed by atoms with E-state index in [4.69, 9.17) is 9.84 Å². The molecule has 0 aliphatic heterocycles. The van der Waals surface area contributed by atoms with Crippen LogP contribution in [0.5, 0.6) is 5.75 Å². The third-order valence-electron chi connectivity index (χ3n) is 5.57. The van der Waals surface area contributed by atoms with E-state index < -0.39 is 18.2 Å². The minimum Gasteiger partial charge on any atom is -0.493 e. The van der Waals surface area contributed by atoms with Gasteiger partial charge in [0.05, 0.1) is 18.7 Å². The van der Waals surface area contributed by atoms with E-state index in [0.29, 0.717) is 34.9 Å². The summed E-state index contributed by atoms with van der Waals surface area (Å²) in [5, 5.41) is 22.6. The Bertz CT molecular complexity index is 1500. The van der Waals surface area contributed by atoms with Gasteiger partial charge in [0.1, 0.15) is 40.5 Å². The zero-order chi connectivity index (χ0) is 25.8. The number of carbonyl (C=O) groups is 1. The maximum Gasteiger partial charge on any atom is 0.308 e. The molecule has 4 rings (SSSR count). The fourth-order valence-corrected chi connectivity index (χ4v) is 5.10. The predicted octanol–water partition coefficient (Wildman–Crippen LogP) is 5.50. The Balaban J connectivity index is 1.56. The number of carboxylic acid groups (broad SMARTS) is 1. The molecule has 2 aromatic carbocycles. The molecule has 0 unspecified atom stereocenters. The summed E-state index contributed by atoms with van der Waals surface area (Å²) in [6.07, 6.45) is 1.31. The first-order valence-corrected chi connectivity index (χ1v) is 12.0. The van der Waals surface area contributed by atoms with Gasteiger partial charge in [0, 0.05) is 33.8 Å². The summed E-state index contributed by atoms with van der Waals surface area (Å²) in [6, 6.07) is 9.54. The Hall–Kier alpha value is -4.10. The van der Waals surface area contributed by atoms with Crippen LogP contribution in [0.4, 0.5) is 14.6 Å². The molecule has 2 aromatic heterocycles. The quantitative estimate of drug-likeness (QED) is 0.307. The van der Waals surface area contributed by atoms with E-state index in [-0.39, 0.29) is 23.7 Å². The molecule has 0 fully saturated rings. The SMILES string of the molecule is CCOc1cc(-c2cc(NCCc3c(C#N)sc4c(C)cc(F)cc34)ncn2)cc(F)c1CC(=O)O. The Labute approximate surface area is 210 Å². The number of hydrogen-bond acceptors (Lipinski definition) is 7. The Morgan fingerprint density at radius 1 is 1.19 bits per heavy atom.